The van der Waals surface area contributed by atoms with E-state index in [0.29, 0.717) is 0 Å². The van der Waals surface area contributed by atoms with Gasteiger partial charge in [0.2, 0.25) is 0 Å². The van der Waals surface area contributed by atoms with E-state index in [2.05, 4.69) is 5.10 Å². The molecular weight excluding hydrogens is 192 g/mol. The summed E-state index contributed by atoms with van der Waals surface area (Å²) in [5, 5.41) is 5.85. The van der Waals surface area contributed by atoms with Crippen molar-refractivity contribution in [3.63, 3.8) is 0 Å². The van der Waals surface area contributed by atoms with Crippen molar-refractivity contribution in [1.29, 1.82) is 0 Å². The van der Waals surface area contributed by atoms with Gasteiger partial charge >= 0.3 is 0 Å². The summed E-state index contributed by atoms with van der Waals surface area (Å²) >= 11 is 1.64. The zero-order chi connectivity index (χ0) is 9.80. The average Bonchev–Trinajstić information content (AvgIpc) is 2.74. The number of nitrogens with zero attached hydrogens (tertiary/aromatic N) is 1. The lowest BCUT2D eigenvalue weighted by Crippen LogP contribution is -2.03. The Morgan fingerprint density at radius 3 is 2.43 bits per heavy atom. The number of hydrogen-bond acceptors (Lipinski definition) is 3. The topological polar surface area (TPSA) is 38.4 Å². The molecule has 0 radical (unpaired) electrons. The van der Waals surface area contributed by atoms with E-state index in [4.69, 9.17) is 5.84 Å². The van der Waals surface area contributed by atoms with Gasteiger partial charge in [0, 0.05) is 5.56 Å². The van der Waals surface area contributed by atoms with Crippen molar-refractivity contribution in [2.45, 2.75) is 0 Å². The highest BCUT2D eigenvalue weighted by Crippen LogP contribution is 2.15. The second-order valence-electron chi connectivity index (χ2n) is 2.82. The van der Waals surface area contributed by atoms with Crippen LogP contribution in [0.5, 0.6) is 0 Å². The summed E-state index contributed by atoms with van der Waals surface area (Å²) in [6, 6.07) is 14.0. The fourth-order valence-corrected chi connectivity index (χ4v) is 2.03. The third kappa shape index (κ3) is 1.67. The standard InChI is InChI=1S/C11H10N2S/c12-13-11(10-7-4-8-14-10)9-5-2-1-3-6-9/h1-8H,12H2/b13-11-. The van der Waals surface area contributed by atoms with Crippen LogP contribution in [0.4, 0.5) is 0 Å². The lowest BCUT2D eigenvalue weighted by molar-refractivity contribution is 1.25. The number of benzene rings is 1. The molecule has 0 aliphatic carbocycles. The Morgan fingerprint density at radius 1 is 1.07 bits per heavy atom. The molecule has 1 aromatic heterocycles. The fraction of sp³-hybridized carbons (Fsp3) is 0. The quantitative estimate of drug-likeness (QED) is 0.453. The molecule has 70 valence electrons. The maximum atomic E-state index is 5.39. The van der Waals surface area contributed by atoms with E-state index in [9.17, 15) is 0 Å². The Kier molecular flexibility index (Phi) is 2.60. The molecule has 0 bridgehead atoms. The van der Waals surface area contributed by atoms with Gasteiger partial charge < -0.3 is 5.84 Å². The third-order valence-electron chi connectivity index (χ3n) is 1.93. The van der Waals surface area contributed by atoms with Gasteiger partial charge in [0.05, 0.1) is 4.88 Å². The molecule has 2 nitrogen and oxygen atoms in total. The fourth-order valence-electron chi connectivity index (χ4n) is 1.29. The van der Waals surface area contributed by atoms with Gasteiger partial charge in [-0.15, -0.1) is 11.3 Å². The molecule has 2 N–H and O–H groups in total. The highest BCUT2D eigenvalue weighted by molar-refractivity contribution is 7.12. The van der Waals surface area contributed by atoms with E-state index < -0.39 is 0 Å². The lowest BCUT2D eigenvalue weighted by atomic mass is 10.1. The minimum Gasteiger partial charge on any atom is -0.323 e. The Bertz CT molecular complexity index is 418. The molecule has 0 amide bonds. The summed E-state index contributed by atoms with van der Waals surface area (Å²) in [7, 11) is 0. The second kappa shape index (κ2) is 4.07. The Hall–Kier alpha value is -1.61. The van der Waals surface area contributed by atoms with E-state index in [-0.39, 0.29) is 0 Å². The van der Waals surface area contributed by atoms with Gasteiger partial charge in [0.1, 0.15) is 5.71 Å². The van der Waals surface area contributed by atoms with Gasteiger partial charge in [0.25, 0.3) is 0 Å². The zero-order valence-corrected chi connectivity index (χ0v) is 8.37. The second-order valence-corrected chi connectivity index (χ2v) is 3.77. The summed E-state index contributed by atoms with van der Waals surface area (Å²) in [6.45, 7) is 0. The minimum absolute atomic E-state index is 0.848. The third-order valence-corrected chi connectivity index (χ3v) is 2.81. The summed E-state index contributed by atoms with van der Waals surface area (Å²) < 4.78 is 0. The Morgan fingerprint density at radius 2 is 1.86 bits per heavy atom. The molecule has 0 aliphatic rings. The lowest BCUT2D eigenvalue weighted by Gasteiger charge is -2.01. The number of thiophene rings is 1. The molecule has 0 spiro atoms. The molecule has 0 saturated carbocycles. The SMILES string of the molecule is N/N=C(/c1ccccc1)c1cccs1. The van der Waals surface area contributed by atoms with E-state index in [0.717, 1.165) is 16.2 Å². The van der Waals surface area contributed by atoms with Crippen molar-refractivity contribution >= 4 is 17.0 Å². The molecule has 2 rings (SSSR count). The first kappa shape index (κ1) is 8.97. The maximum absolute atomic E-state index is 5.39. The number of rotatable bonds is 2. The molecule has 3 heteroatoms. The Labute approximate surface area is 86.7 Å². The predicted octanol–water partition coefficient (Wildman–Crippen LogP) is 2.46. The van der Waals surface area contributed by atoms with Gasteiger partial charge in [-0.3, -0.25) is 0 Å². The van der Waals surface area contributed by atoms with E-state index in [1.165, 1.54) is 0 Å². The first-order valence-corrected chi connectivity index (χ1v) is 5.17. The highest BCUT2D eigenvalue weighted by atomic mass is 32.1. The Balaban J connectivity index is 2.43. The average molecular weight is 202 g/mol. The molecule has 0 unspecified atom stereocenters. The zero-order valence-electron chi connectivity index (χ0n) is 7.55. The number of nitrogens with two attached hydrogens (primary N) is 1. The van der Waals surface area contributed by atoms with Crippen molar-refractivity contribution in [2.24, 2.45) is 10.9 Å². The first-order chi connectivity index (χ1) is 6.92. The van der Waals surface area contributed by atoms with Gasteiger partial charge in [-0.1, -0.05) is 36.4 Å². The highest BCUT2D eigenvalue weighted by Gasteiger charge is 2.06. The van der Waals surface area contributed by atoms with Gasteiger partial charge in [-0.2, -0.15) is 5.10 Å². The summed E-state index contributed by atoms with van der Waals surface area (Å²) in [5.74, 6) is 5.39. The van der Waals surface area contributed by atoms with Crippen molar-refractivity contribution in [3.05, 3.63) is 58.3 Å². The van der Waals surface area contributed by atoms with Crippen LogP contribution in [0.25, 0.3) is 0 Å². The van der Waals surface area contributed by atoms with E-state index in [1.54, 1.807) is 11.3 Å². The molecule has 14 heavy (non-hydrogen) atoms. The largest absolute Gasteiger partial charge is 0.323 e. The molecule has 0 saturated heterocycles. The number of hydrogen-bond donors (Lipinski definition) is 1. The molecule has 0 atom stereocenters. The van der Waals surface area contributed by atoms with E-state index in [1.807, 2.05) is 47.8 Å². The van der Waals surface area contributed by atoms with Crippen molar-refractivity contribution in [3.8, 4) is 0 Å². The van der Waals surface area contributed by atoms with Crippen LogP contribution >= 0.6 is 11.3 Å². The van der Waals surface area contributed by atoms with Gasteiger partial charge in [-0.25, -0.2) is 0 Å². The summed E-state index contributed by atoms with van der Waals surface area (Å²) in [4.78, 5) is 1.10. The van der Waals surface area contributed by atoms with Crippen LogP contribution < -0.4 is 5.84 Å². The normalized spacial score (nSPS) is 11.6. The van der Waals surface area contributed by atoms with Crippen molar-refractivity contribution in [1.82, 2.24) is 0 Å². The minimum atomic E-state index is 0.848. The summed E-state index contributed by atoms with van der Waals surface area (Å²) in [5.41, 5.74) is 1.90. The van der Waals surface area contributed by atoms with Gasteiger partial charge in [0.15, 0.2) is 0 Å². The van der Waals surface area contributed by atoms with Gasteiger partial charge in [-0.05, 0) is 11.4 Å². The van der Waals surface area contributed by atoms with Crippen LogP contribution in [0.3, 0.4) is 0 Å². The maximum Gasteiger partial charge on any atom is 0.107 e. The monoisotopic (exact) mass is 202 g/mol. The molecule has 2 aromatic rings. The molecule has 1 heterocycles. The molecule has 1 aromatic carbocycles. The van der Waals surface area contributed by atoms with Crippen molar-refractivity contribution < 1.29 is 0 Å². The van der Waals surface area contributed by atoms with Crippen LogP contribution in [0.15, 0.2) is 52.9 Å². The molecular formula is C11H10N2S. The van der Waals surface area contributed by atoms with Crippen LogP contribution in [0.1, 0.15) is 10.4 Å². The van der Waals surface area contributed by atoms with Crippen LogP contribution in [0, 0.1) is 0 Å². The van der Waals surface area contributed by atoms with Crippen molar-refractivity contribution in [2.75, 3.05) is 0 Å². The number of hydrazone groups is 1. The smallest absolute Gasteiger partial charge is 0.107 e. The summed E-state index contributed by atoms with van der Waals surface area (Å²) in [6.07, 6.45) is 0. The molecule has 0 aliphatic heterocycles. The van der Waals surface area contributed by atoms with Crippen LogP contribution in [0.2, 0.25) is 0 Å². The first-order valence-electron chi connectivity index (χ1n) is 4.29. The van der Waals surface area contributed by atoms with E-state index >= 15 is 0 Å². The van der Waals surface area contributed by atoms with Crippen LogP contribution in [-0.2, 0) is 0 Å². The predicted molar refractivity (Wildman–Crippen MR) is 60.6 cm³/mol. The van der Waals surface area contributed by atoms with Crippen LogP contribution in [-0.4, -0.2) is 5.71 Å². The molecule has 0 fully saturated rings.